The first kappa shape index (κ1) is 17.7. The van der Waals surface area contributed by atoms with E-state index < -0.39 is 0 Å². The number of carbonyl (C=O) groups excluding carboxylic acids is 1. The average molecular weight is 372 g/mol. The monoisotopic (exact) mass is 371 g/mol. The Kier molecular flexibility index (Phi) is 5.34. The highest BCUT2D eigenvalue weighted by molar-refractivity contribution is 6.32. The van der Waals surface area contributed by atoms with E-state index in [1.807, 2.05) is 6.07 Å². The van der Waals surface area contributed by atoms with Crippen molar-refractivity contribution >= 4 is 34.6 Å². The molecule has 3 aromatic rings. The highest BCUT2D eigenvalue weighted by Gasteiger charge is 2.08. The Balaban J connectivity index is 1.67. The maximum Gasteiger partial charge on any atom is 0.274 e. The van der Waals surface area contributed by atoms with Gasteiger partial charge in [0.25, 0.3) is 5.91 Å². The molecule has 0 aliphatic carbocycles. The summed E-state index contributed by atoms with van der Waals surface area (Å²) in [6, 6.07) is 14.1. The molecule has 0 bridgehead atoms. The normalized spacial score (nSPS) is 10.3. The maximum atomic E-state index is 12.9. The molecule has 132 valence electrons. The van der Waals surface area contributed by atoms with Gasteiger partial charge >= 0.3 is 0 Å². The average Bonchev–Trinajstić information content (AvgIpc) is 2.64. The van der Waals surface area contributed by atoms with Gasteiger partial charge in [0.1, 0.15) is 17.3 Å². The van der Waals surface area contributed by atoms with Gasteiger partial charge in [0, 0.05) is 11.4 Å². The molecule has 0 unspecified atom stereocenters. The smallest absolute Gasteiger partial charge is 0.274 e. The number of pyridine rings is 1. The van der Waals surface area contributed by atoms with Gasteiger partial charge in [-0.3, -0.25) is 4.79 Å². The van der Waals surface area contributed by atoms with Crippen molar-refractivity contribution in [2.45, 2.75) is 0 Å². The lowest BCUT2D eigenvalue weighted by Crippen LogP contribution is -2.13. The lowest BCUT2D eigenvalue weighted by molar-refractivity contribution is 0.102. The van der Waals surface area contributed by atoms with Crippen molar-refractivity contribution in [1.82, 2.24) is 4.98 Å². The molecule has 0 saturated carbocycles. The Bertz CT molecular complexity index is 915. The molecular formula is C19H15ClFN3O2. The van der Waals surface area contributed by atoms with Crippen molar-refractivity contribution < 1.29 is 13.9 Å². The molecule has 5 nitrogen and oxygen atoms in total. The number of nitrogens with one attached hydrogen (secondary N) is 2. The first-order valence-electron chi connectivity index (χ1n) is 7.69. The summed E-state index contributed by atoms with van der Waals surface area (Å²) in [5, 5.41) is 6.28. The molecule has 0 aliphatic heterocycles. The SMILES string of the molecule is COc1ccc(Nc2ccc(C(=O)Nc3ccc(F)cc3)nc2)cc1Cl. The molecule has 26 heavy (non-hydrogen) atoms. The number of halogens is 2. The molecule has 7 heteroatoms. The summed E-state index contributed by atoms with van der Waals surface area (Å²) in [5.74, 6) is -0.158. The third-order valence-electron chi connectivity index (χ3n) is 3.54. The number of nitrogens with zero attached hydrogens (tertiary/aromatic N) is 1. The van der Waals surface area contributed by atoms with Crippen molar-refractivity contribution in [3.05, 3.63) is 77.3 Å². The van der Waals surface area contributed by atoms with Crippen molar-refractivity contribution in [2.75, 3.05) is 17.7 Å². The van der Waals surface area contributed by atoms with Crippen molar-refractivity contribution in [1.29, 1.82) is 0 Å². The van der Waals surface area contributed by atoms with E-state index in [4.69, 9.17) is 16.3 Å². The lowest BCUT2D eigenvalue weighted by Gasteiger charge is -2.09. The molecule has 0 radical (unpaired) electrons. The summed E-state index contributed by atoms with van der Waals surface area (Å²) in [5.41, 5.74) is 2.20. The fourth-order valence-corrected chi connectivity index (χ4v) is 2.50. The van der Waals surface area contributed by atoms with E-state index in [1.165, 1.54) is 30.5 Å². The highest BCUT2D eigenvalue weighted by Crippen LogP contribution is 2.28. The van der Waals surface area contributed by atoms with Gasteiger partial charge in [-0.05, 0) is 54.6 Å². The van der Waals surface area contributed by atoms with Crippen LogP contribution in [0, 0.1) is 5.82 Å². The van der Waals surface area contributed by atoms with Crippen molar-refractivity contribution in [2.24, 2.45) is 0 Å². The summed E-state index contributed by atoms with van der Waals surface area (Å²) >= 11 is 6.09. The molecule has 2 aromatic carbocycles. The van der Waals surface area contributed by atoms with Crippen LogP contribution in [0.1, 0.15) is 10.5 Å². The number of benzene rings is 2. The number of amides is 1. The molecule has 3 rings (SSSR count). The van der Waals surface area contributed by atoms with Gasteiger partial charge in [0.2, 0.25) is 0 Å². The Morgan fingerprint density at radius 2 is 1.73 bits per heavy atom. The van der Waals surface area contributed by atoms with Gasteiger partial charge in [-0.1, -0.05) is 11.6 Å². The van der Waals surface area contributed by atoms with Crippen LogP contribution < -0.4 is 15.4 Å². The number of aromatic nitrogens is 1. The van der Waals surface area contributed by atoms with Gasteiger partial charge in [-0.2, -0.15) is 0 Å². The first-order chi connectivity index (χ1) is 12.5. The number of methoxy groups -OCH3 is 1. The zero-order valence-corrected chi connectivity index (χ0v) is 14.5. The Morgan fingerprint density at radius 1 is 1.04 bits per heavy atom. The third kappa shape index (κ3) is 4.29. The molecule has 0 atom stereocenters. The van der Waals surface area contributed by atoms with Crippen LogP contribution in [-0.4, -0.2) is 18.0 Å². The predicted molar refractivity (Wildman–Crippen MR) is 99.9 cm³/mol. The van der Waals surface area contributed by atoms with Gasteiger partial charge in [-0.25, -0.2) is 9.37 Å². The Morgan fingerprint density at radius 3 is 2.35 bits per heavy atom. The standard InChI is InChI=1S/C19H15ClFN3O2/c1-26-18-9-7-14(10-16(18)20)23-15-6-8-17(22-11-15)19(25)24-13-4-2-12(21)3-5-13/h2-11,23H,1H3,(H,24,25). The molecule has 1 aromatic heterocycles. The fourth-order valence-electron chi connectivity index (χ4n) is 2.24. The molecule has 1 amide bonds. The second-order valence-corrected chi connectivity index (χ2v) is 5.77. The van der Waals surface area contributed by atoms with Crippen LogP contribution in [0.15, 0.2) is 60.8 Å². The van der Waals surface area contributed by atoms with Crippen LogP contribution in [0.5, 0.6) is 5.75 Å². The van der Waals surface area contributed by atoms with E-state index in [0.717, 1.165) is 5.69 Å². The Hall–Kier alpha value is -3.12. The number of hydrogen-bond acceptors (Lipinski definition) is 4. The summed E-state index contributed by atoms with van der Waals surface area (Å²) < 4.78 is 18.0. The van der Waals surface area contributed by atoms with Crippen molar-refractivity contribution in [3.8, 4) is 5.75 Å². The Labute approximate surface area is 154 Å². The summed E-state index contributed by atoms with van der Waals surface area (Å²) in [6.45, 7) is 0. The molecule has 0 spiro atoms. The van der Waals surface area contributed by atoms with E-state index in [-0.39, 0.29) is 17.4 Å². The van der Waals surface area contributed by atoms with Gasteiger partial charge in [-0.15, -0.1) is 0 Å². The zero-order valence-electron chi connectivity index (χ0n) is 13.8. The number of ether oxygens (including phenoxy) is 1. The second-order valence-electron chi connectivity index (χ2n) is 5.37. The molecule has 2 N–H and O–H groups in total. The van der Waals surface area contributed by atoms with Gasteiger partial charge in [0.15, 0.2) is 0 Å². The van der Waals surface area contributed by atoms with E-state index in [9.17, 15) is 9.18 Å². The van der Waals surface area contributed by atoms with Crippen LogP contribution in [0.4, 0.5) is 21.5 Å². The van der Waals surface area contributed by atoms with Crippen molar-refractivity contribution in [3.63, 3.8) is 0 Å². The quantitative estimate of drug-likeness (QED) is 0.671. The highest BCUT2D eigenvalue weighted by atomic mass is 35.5. The van der Waals surface area contributed by atoms with Crippen LogP contribution in [0.2, 0.25) is 5.02 Å². The zero-order chi connectivity index (χ0) is 18.5. The van der Waals surface area contributed by atoms with E-state index >= 15 is 0 Å². The minimum Gasteiger partial charge on any atom is -0.495 e. The third-order valence-corrected chi connectivity index (χ3v) is 3.83. The summed E-state index contributed by atoms with van der Waals surface area (Å²) in [7, 11) is 1.55. The van der Waals surface area contributed by atoms with E-state index in [1.54, 1.807) is 31.4 Å². The van der Waals surface area contributed by atoms with Crippen LogP contribution in [0.25, 0.3) is 0 Å². The maximum absolute atomic E-state index is 12.9. The minimum atomic E-state index is -0.379. The van der Waals surface area contributed by atoms with Crippen LogP contribution in [-0.2, 0) is 0 Å². The van der Waals surface area contributed by atoms with Crippen LogP contribution in [0.3, 0.4) is 0 Å². The molecule has 0 aliphatic rings. The lowest BCUT2D eigenvalue weighted by atomic mass is 10.2. The number of carbonyl (C=O) groups is 1. The van der Waals surface area contributed by atoms with E-state index in [2.05, 4.69) is 15.6 Å². The van der Waals surface area contributed by atoms with Crippen LogP contribution >= 0.6 is 11.6 Å². The predicted octanol–water partition coefficient (Wildman–Crippen LogP) is 4.88. The van der Waals surface area contributed by atoms with E-state index in [0.29, 0.717) is 22.1 Å². The molecule has 0 saturated heterocycles. The summed E-state index contributed by atoms with van der Waals surface area (Å²) in [6.07, 6.45) is 1.54. The van der Waals surface area contributed by atoms with Gasteiger partial charge in [0.05, 0.1) is 24.0 Å². The topological polar surface area (TPSA) is 63.2 Å². The second kappa shape index (κ2) is 7.84. The largest absolute Gasteiger partial charge is 0.495 e. The first-order valence-corrected chi connectivity index (χ1v) is 8.06. The van der Waals surface area contributed by atoms with Gasteiger partial charge < -0.3 is 15.4 Å². The number of hydrogen-bond donors (Lipinski definition) is 2. The fraction of sp³-hybridized carbons (Fsp3) is 0.0526. The molecule has 0 fully saturated rings. The molecular weight excluding hydrogens is 357 g/mol. The summed E-state index contributed by atoms with van der Waals surface area (Å²) in [4.78, 5) is 16.3. The number of anilines is 3. The number of rotatable bonds is 5. The minimum absolute atomic E-state index is 0.243. The molecule has 1 heterocycles.